The molecule has 68 valence electrons. The summed E-state index contributed by atoms with van der Waals surface area (Å²) in [5.74, 6) is -0.0881. The molecular formula is C4H5F3N4S. The normalized spacial score (nSPS) is 11.6. The van der Waals surface area contributed by atoms with E-state index in [4.69, 9.17) is 5.73 Å². The lowest BCUT2D eigenvalue weighted by atomic mass is 10.6. The van der Waals surface area contributed by atoms with E-state index in [0.717, 1.165) is 11.5 Å². The van der Waals surface area contributed by atoms with Gasteiger partial charge in [0.15, 0.2) is 0 Å². The molecule has 0 aliphatic heterocycles. The Morgan fingerprint density at radius 3 is 2.58 bits per heavy atom. The van der Waals surface area contributed by atoms with Crippen molar-refractivity contribution in [2.75, 3.05) is 17.6 Å². The molecule has 0 saturated carbocycles. The zero-order valence-electron chi connectivity index (χ0n) is 5.72. The molecule has 0 atom stereocenters. The highest BCUT2D eigenvalue weighted by Gasteiger charge is 2.27. The van der Waals surface area contributed by atoms with E-state index in [2.05, 4.69) is 9.36 Å². The average molecular weight is 198 g/mol. The summed E-state index contributed by atoms with van der Waals surface area (Å²) in [5, 5.41) is 2.13. The first-order valence-electron chi connectivity index (χ1n) is 2.87. The van der Waals surface area contributed by atoms with Crippen LogP contribution in [-0.2, 0) is 0 Å². The van der Waals surface area contributed by atoms with E-state index in [-0.39, 0.29) is 11.1 Å². The molecule has 1 aromatic heterocycles. The molecule has 0 spiro atoms. The zero-order chi connectivity index (χ0) is 9.19. The summed E-state index contributed by atoms with van der Waals surface area (Å²) in [7, 11) is 0. The molecule has 0 unspecified atom stereocenters. The van der Waals surface area contributed by atoms with Crippen LogP contribution in [0.4, 0.5) is 24.3 Å². The average Bonchev–Trinajstić information content (AvgIpc) is 2.30. The van der Waals surface area contributed by atoms with Crippen molar-refractivity contribution in [3.8, 4) is 0 Å². The van der Waals surface area contributed by atoms with E-state index < -0.39 is 12.7 Å². The second kappa shape index (κ2) is 3.13. The van der Waals surface area contributed by atoms with Gasteiger partial charge in [0.25, 0.3) is 0 Å². The van der Waals surface area contributed by atoms with Crippen LogP contribution < -0.4 is 11.1 Å². The molecule has 1 rings (SSSR count). The molecule has 0 bridgehead atoms. The molecule has 1 heterocycles. The Bertz CT molecular complexity index is 257. The lowest BCUT2D eigenvalue weighted by Gasteiger charge is -2.04. The maximum Gasteiger partial charge on any atom is 0.405 e. The third kappa shape index (κ3) is 2.91. The fraction of sp³-hybridized carbons (Fsp3) is 0.500. The van der Waals surface area contributed by atoms with Crippen LogP contribution in [0.5, 0.6) is 0 Å². The number of hydrogen-bond donors (Lipinski definition) is 2. The van der Waals surface area contributed by atoms with Crippen LogP contribution in [0.3, 0.4) is 0 Å². The predicted molar refractivity (Wildman–Crippen MR) is 38.9 cm³/mol. The minimum absolute atomic E-state index is 0.0881. The summed E-state index contributed by atoms with van der Waals surface area (Å²) >= 11 is 0.842. The van der Waals surface area contributed by atoms with Gasteiger partial charge in [0.1, 0.15) is 6.54 Å². The minimum atomic E-state index is -4.26. The van der Waals surface area contributed by atoms with Crippen molar-refractivity contribution in [1.29, 1.82) is 0 Å². The molecule has 0 aromatic carbocycles. The summed E-state index contributed by atoms with van der Waals surface area (Å²) in [6.45, 7) is -1.15. The van der Waals surface area contributed by atoms with Crippen molar-refractivity contribution < 1.29 is 13.2 Å². The van der Waals surface area contributed by atoms with E-state index in [1.165, 1.54) is 0 Å². The molecule has 4 nitrogen and oxygen atoms in total. The van der Waals surface area contributed by atoms with Gasteiger partial charge in [-0.25, -0.2) is 0 Å². The Morgan fingerprint density at radius 2 is 2.17 bits per heavy atom. The van der Waals surface area contributed by atoms with E-state index in [1.54, 1.807) is 0 Å². The third-order valence-corrected chi connectivity index (χ3v) is 1.43. The number of nitrogens with zero attached hydrogens (tertiary/aromatic N) is 2. The summed E-state index contributed by atoms with van der Waals surface area (Å²) in [6.07, 6.45) is -4.26. The first-order chi connectivity index (χ1) is 5.47. The molecule has 0 aliphatic carbocycles. The number of hydrogen-bond acceptors (Lipinski definition) is 5. The number of aromatic nitrogens is 2. The largest absolute Gasteiger partial charge is 0.405 e. The molecule has 0 saturated heterocycles. The topological polar surface area (TPSA) is 63.8 Å². The van der Waals surface area contributed by atoms with Gasteiger partial charge in [-0.3, -0.25) is 0 Å². The van der Waals surface area contributed by atoms with Crippen LogP contribution in [0.1, 0.15) is 0 Å². The Balaban J connectivity index is 2.44. The molecular weight excluding hydrogens is 193 g/mol. The van der Waals surface area contributed by atoms with Gasteiger partial charge in [-0.05, 0) is 0 Å². The van der Waals surface area contributed by atoms with Gasteiger partial charge < -0.3 is 11.1 Å². The summed E-state index contributed by atoms with van der Waals surface area (Å²) in [6, 6.07) is 0. The smallest absolute Gasteiger partial charge is 0.374 e. The number of nitrogen functional groups attached to an aromatic ring is 1. The van der Waals surface area contributed by atoms with Crippen LogP contribution >= 0.6 is 11.5 Å². The SMILES string of the molecule is Nc1nc(NCC(F)(F)F)ns1. The van der Waals surface area contributed by atoms with Crippen molar-refractivity contribution in [3.63, 3.8) is 0 Å². The summed E-state index contributed by atoms with van der Waals surface area (Å²) in [4.78, 5) is 3.49. The van der Waals surface area contributed by atoms with Crippen molar-refractivity contribution in [3.05, 3.63) is 0 Å². The quantitative estimate of drug-likeness (QED) is 0.746. The zero-order valence-corrected chi connectivity index (χ0v) is 6.54. The van der Waals surface area contributed by atoms with Crippen LogP contribution in [0.25, 0.3) is 0 Å². The number of rotatable bonds is 2. The van der Waals surface area contributed by atoms with Crippen LogP contribution in [0.15, 0.2) is 0 Å². The highest BCUT2D eigenvalue weighted by molar-refractivity contribution is 7.09. The monoisotopic (exact) mass is 198 g/mol. The van der Waals surface area contributed by atoms with Crippen LogP contribution in [-0.4, -0.2) is 22.1 Å². The number of alkyl halides is 3. The molecule has 8 heteroatoms. The fourth-order valence-electron chi connectivity index (χ4n) is 0.486. The lowest BCUT2D eigenvalue weighted by Crippen LogP contribution is -2.21. The first kappa shape index (κ1) is 9.04. The van der Waals surface area contributed by atoms with Gasteiger partial charge in [0.2, 0.25) is 11.1 Å². The first-order valence-corrected chi connectivity index (χ1v) is 3.64. The number of anilines is 2. The van der Waals surface area contributed by atoms with Gasteiger partial charge in [-0.2, -0.15) is 22.5 Å². The molecule has 3 N–H and O–H groups in total. The van der Waals surface area contributed by atoms with E-state index in [9.17, 15) is 13.2 Å². The molecule has 1 aromatic rings. The molecule has 0 radical (unpaired) electrons. The Kier molecular flexibility index (Phi) is 2.36. The lowest BCUT2D eigenvalue weighted by molar-refractivity contribution is -0.115. The fourth-order valence-corrected chi connectivity index (χ4v) is 0.899. The van der Waals surface area contributed by atoms with Gasteiger partial charge >= 0.3 is 6.18 Å². The number of halogens is 3. The Morgan fingerprint density at radius 1 is 1.50 bits per heavy atom. The third-order valence-electron chi connectivity index (χ3n) is 0.889. The maximum atomic E-state index is 11.6. The molecule has 12 heavy (non-hydrogen) atoms. The van der Waals surface area contributed by atoms with E-state index in [1.807, 2.05) is 5.32 Å². The van der Waals surface area contributed by atoms with Crippen molar-refractivity contribution in [1.82, 2.24) is 9.36 Å². The second-order valence-corrected chi connectivity index (χ2v) is 2.71. The molecule has 0 aliphatic rings. The highest BCUT2D eigenvalue weighted by Crippen LogP contribution is 2.16. The molecule has 0 amide bonds. The Labute approximate surface area is 69.8 Å². The standard InChI is InChI=1S/C4H5F3N4S/c5-4(6,7)1-9-3-10-2(8)12-11-3/h1H2,(H3,8,9,10,11). The minimum Gasteiger partial charge on any atom is -0.374 e. The summed E-state index contributed by atoms with van der Waals surface area (Å²) < 4.78 is 38.3. The van der Waals surface area contributed by atoms with E-state index in [0.29, 0.717) is 0 Å². The van der Waals surface area contributed by atoms with Crippen LogP contribution in [0.2, 0.25) is 0 Å². The Hall–Kier alpha value is -1.05. The van der Waals surface area contributed by atoms with Crippen molar-refractivity contribution in [2.24, 2.45) is 0 Å². The van der Waals surface area contributed by atoms with Crippen molar-refractivity contribution in [2.45, 2.75) is 6.18 Å². The number of nitrogens with one attached hydrogen (secondary N) is 1. The highest BCUT2D eigenvalue weighted by atomic mass is 32.1. The number of nitrogens with two attached hydrogens (primary N) is 1. The second-order valence-electron chi connectivity index (χ2n) is 1.92. The summed E-state index contributed by atoms with van der Waals surface area (Å²) in [5.41, 5.74) is 5.14. The maximum absolute atomic E-state index is 11.6. The van der Waals surface area contributed by atoms with Crippen LogP contribution in [0, 0.1) is 0 Å². The van der Waals surface area contributed by atoms with Gasteiger partial charge in [0.05, 0.1) is 0 Å². The van der Waals surface area contributed by atoms with Gasteiger partial charge in [-0.15, -0.1) is 0 Å². The van der Waals surface area contributed by atoms with Gasteiger partial charge in [-0.1, -0.05) is 0 Å². The van der Waals surface area contributed by atoms with Crippen molar-refractivity contribution >= 4 is 22.6 Å². The van der Waals surface area contributed by atoms with E-state index >= 15 is 0 Å². The predicted octanol–water partition coefficient (Wildman–Crippen LogP) is 1.09. The molecule has 0 fully saturated rings. The van der Waals surface area contributed by atoms with Gasteiger partial charge in [0, 0.05) is 11.5 Å².